The molecular formula is C54H39NS. The molecule has 1 aromatic heterocycles. The van der Waals surface area contributed by atoms with Crippen LogP contribution in [0, 0.1) is 0 Å². The molecule has 10 aromatic rings. The van der Waals surface area contributed by atoms with E-state index < -0.39 is 10.0 Å². The molecule has 266 valence electrons. The van der Waals surface area contributed by atoms with E-state index in [-0.39, 0.29) is 0 Å². The van der Waals surface area contributed by atoms with Gasteiger partial charge in [0.1, 0.15) is 0 Å². The third kappa shape index (κ3) is 5.83. The molecule has 0 N–H and O–H groups in total. The van der Waals surface area contributed by atoms with Gasteiger partial charge in [0.05, 0.1) is 11.0 Å². The summed E-state index contributed by atoms with van der Waals surface area (Å²) in [5, 5.41) is 2.49. The van der Waals surface area contributed by atoms with Crippen molar-refractivity contribution in [3.63, 3.8) is 0 Å². The number of benzene rings is 9. The lowest BCUT2D eigenvalue weighted by Crippen LogP contribution is -2.05. The molecule has 9 aromatic carbocycles. The number of aromatic nitrogens is 1. The van der Waals surface area contributed by atoms with E-state index in [1.54, 1.807) is 0 Å². The second kappa shape index (κ2) is 14.4. The third-order valence-electron chi connectivity index (χ3n) is 10.9. The lowest BCUT2D eigenvalue weighted by Gasteiger charge is -2.42. The molecule has 0 aliphatic rings. The van der Waals surface area contributed by atoms with Gasteiger partial charge in [0.15, 0.2) is 0 Å². The van der Waals surface area contributed by atoms with Gasteiger partial charge >= 0.3 is 0 Å². The van der Waals surface area contributed by atoms with Crippen LogP contribution in [0.2, 0.25) is 0 Å². The summed E-state index contributed by atoms with van der Waals surface area (Å²) in [5.74, 6) is 0. The summed E-state index contributed by atoms with van der Waals surface area (Å²) in [4.78, 5) is 5.28. The average molecular weight is 734 g/mol. The summed E-state index contributed by atoms with van der Waals surface area (Å²) < 4.78 is 2.43. The maximum absolute atomic E-state index is 2.43. The number of hydrogen-bond acceptors (Lipinski definition) is 0. The molecule has 0 saturated carbocycles. The highest BCUT2D eigenvalue weighted by Gasteiger charge is 2.33. The van der Waals surface area contributed by atoms with Crippen molar-refractivity contribution in [1.82, 2.24) is 4.57 Å². The van der Waals surface area contributed by atoms with Crippen molar-refractivity contribution >= 4 is 31.8 Å². The highest BCUT2D eigenvalue weighted by Crippen LogP contribution is 2.73. The van der Waals surface area contributed by atoms with E-state index in [9.17, 15) is 0 Å². The van der Waals surface area contributed by atoms with Gasteiger partial charge in [-0.3, -0.25) is 0 Å². The van der Waals surface area contributed by atoms with Crippen molar-refractivity contribution in [2.75, 3.05) is 0 Å². The highest BCUT2D eigenvalue weighted by molar-refractivity contribution is 8.34. The second-order valence-corrected chi connectivity index (χ2v) is 17.3. The molecule has 0 radical (unpaired) electrons. The fourth-order valence-electron chi connectivity index (χ4n) is 8.29. The first-order chi connectivity index (χ1) is 27.8. The Kier molecular flexibility index (Phi) is 8.67. The Labute approximate surface area is 330 Å². The molecule has 0 saturated heterocycles. The van der Waals surface area contributed by atoms with E-state index >= 15 is 0 Å². The average Bonchev–Trinajstić information content (AvgIpc) is 3.62. The fraction of sp³-hybridized carbons (Fsp3) is 0. The van der Waals surface area contributed by atoms with Crippen molar-refractivity contribution in [2.45, 2.75) is 19.6 Å². The molecule has 2 heteroatoms. The molecule has 10 rings (SSSR count). The van der Waals surface area contributed by atoms with Crippen molar-refractivity contribution in [1.29, 1.82) is 0 Å². The first-order valence-corrected chi connectivity index (χ1v) is 20.8. The number of fused-ring (bicyclic) bond motifs is 3. The van der Waals surface area contributed by atoms with E-state index in [4.69, 9.17) is 0 Å². The molecule has 0 unspecified atom stereocenters. The topological polar surface area (TPSA) is 4.93 Å². The summed E-state index contributed by atoms with van der Waals surface area (Å²) in [6.07, 6.45) is 0. The second-order valence-electron chi connectivity index (χ2n) is 14.2. The first-order valence-electron chi connectivity index (χ1n) is 19.2. The fourth-order valence-corrected chi connectivity index (χ4v) is 12.2. The monoisotopic (exact) mass is 733 g/mol. The van der Waals surface area contributed by atoms with Gasteiger partial charge in [0.25, 0.3) is 0 Å². The Balaban J connectivity index is 1.11. The van der Waals surface area contributed by atoms with E-state index in [1.807, 2.05) is 0 Å². The smallest absolute Gasteiger partial charge is 0.0541 e. The number of rotatable bonds is 8. The molecule has 0 fully saturated rings. The molecule has 0 amide bonds. The molecular weight excluding hydrogens is 695 g/mol. The SMILES string of the molecule is c1ccc(-c2ccc3c(c2)c2cc(-c4ccccc4)ccc2n3-c2cccc(-c3ccc(S(c4ccccc4)(c4ccccc4)c4ccccc4)cc3)c2)cc1. The Morgan fingerprint density at radius 1 is 0.250 bits per heavy atom. The Morgan fingerprint density at radius 2 is 0.589 bits per heavy atom. The van der Waals surface area contributed by atoms with Crippen LogP contribution in [-0.2, 0) is 0 Å². The van der Waals surface area contributed by atoms with Gasteiger partial charge in [-0.2, -0.15) is 0 Å². The number of hydrogen-bond donors (Lipinski definition) is 0. The van der Waals surface area contributed by atoms with Gasteiger partial charge in [-0.1, -0.05) is 152 Å². The summed E-state index contributed by atoms with van der Waals surface area (Å²) in [7, 11) is -1.75. The highest BCUT2D eigenvalue weighted by atomic mass is 32.3. The van der Waals surface area contributed by atoms with Crippen LogP contribution in [0.4, 0.5) is 0 Å². The molecule has 1 nitrogen and oxygen atoms in total. The lowest BCUT2D eigenvalue weighted by molar-refractivity contribution is 1.18. The van der Waals surface area contributed by atoms with Gasteiger partial charge in [-0.05, 0) is 118 Å². The molecule has 0 bridgehead atoms. The quantitative estimate of drug-likeness (QED) is 0.147. The van der Waals surface area contributed by atoms with Crippen molar-refractivity contribution < 1.29 is 0 Å². The predicted octanol–water partition coefficient (Wildman–Crippen LogP) is 15.1. The third-order valence-corrected chi connectivity index (χ3v) is 14.8. The van der Waals surface area contributed by atoms with Crippen LogP contribution >= 0.6 is 10.0 Å². The van der Waals surface area contributed by atoms with Crippen LogP contribution in [0.25, 0.3) is 60.9 Å². The Hall–Kier alpha value is -6.87. The minimum Gasteiger partial charge on any atom is -0.309 e. The van der Waals surface area contributed by atoms with E-state index in [2.05, 4.69) is 241 Å². The molecule has 0 aliphatic heterocycles. The van der Waals surface area contributed by atoms with Crippen molar-refractivity contribution in [3.05, 3.63) is 237 Å². The van der Waals surface area contributed by atoms with Gasteiger partial charge in [-0.15, -0.1) is 10.0 Å². The minimum atomic E-state index is -1.75. The zero-order valence-electron chi connectivity index (χ0n) is 30.9. The van der Waals surface area contributed by atoms with Gasteiger partial charge in [0.2, 0.25) is 0 Å². The standard InChI is InChI=1S/C54H39NS/c1-6-17-40(18-7-1)44-31-35-53-51(38-44)52-39-45(41-19-8-2-9-20-41)32-36-54(52)55(53)46-22-16-21-43(37-46)42-29-33-50(34-30-42)56(47-23-10-3-11-24-47,48-25-12-4-13-26-48)49-27-14-5-15-28-49/h1-39H. The van der Waals surface area contributed by atoms with Gasteiger partial charge in [0, 0.05) is 36.0 Å². The van der Waals surface area contributed by atoms with E-state index in [0.29, 0.717) is 0 Å². The number of nitrogens with zero attached hydrogens (tertiary/aromatic N) is 1. The minimum absolute atomic E-state index is 1.14. The maximum Gasteiger partial charge on any atom is 0.0541 e. The lowest BCUT2D eigenvalue weighted by atomic mass is 10.0. The normalized spacial score (nSPS) is 11.9. The van der Waals surface area contributed by atoms with Crippen LogP contribution in [0.1, 0.15) is 0 Å². The van der Waals surface area contributed by atoms with Gasteiger partial charge in [-0.25, -0.2) is 0 Å². The van der Waals surface area contributed by atoms with E-state index in [1.165, 1.54) is 74.8 Å². The zero-order valence-corrected chi connectivity index (χ0v) is 31.7. The van der Waals surface area contributed by atoms with Crippen LogP contribution < -0.4 is 0 Å². The summed E-state index contributed by atoms with van der Waals surface area (Å²) in [6, 6.07) is 86.7. The first kappa shape index (κ1) is 33.7. The molecule has 0 spiro atoms. The molecule has 0 aliphatic carbocycles. The van der Waals surface area contributed by atoms with Crippen molar-refractivity contribution in [2.24, 2.45) is 0 Å². The van der Waals surface area contributed by atoms with Crippen molar-refractivity contribution in [3.8, 4) is 39.1 Å². The van der Waals surface area contributed by atoms with Crippen LogP contribution in [-0.4, -0.2) is 4.57 Å². The Bertz CT molecular complexity index is 2720. The van der Waals surface area contributed by atoms with Crippen LogP contribution in [0.3, 0.4) is 0 Å². The summed E-state index contributed by atoms with van der Waals surface area (Å²) in [5.41, 5.74) is 10.8. The van der Waals surface area contributed by atoms with E-state index in [0.717, 1.165) is 5.69 Å². The van der Waals surface area contributed by atoms with Gasteiger partial charge < -0.3 is 4.57 Å². The predicted molar refractivity (Wildman–Crippen MR) is 237 cm³/mol. The van der Waals surface area contributed by atoms with Crippen LogP contribution in [0.15, 0.2) is 256 Å². The largest absolute Gasteiger partial charge is 0.309 e. The molecule has 56 heavy (non-hydrogen) atoms. The zero-order chi connectivity index (χ0) is 37.3. The summed E-state index contributed by atoms with van der Waals surface area (Å²) in [6.45, 7) is 0. The Morgan fingerprint density at radius 3 is 1.04 bits per heavy atom. The molecule has 0 atom stereocenters. The summed E-state index contributed by atoms with van der Waals surface area (Å²) >= 11 is 0. The van der Waals surface area contributed by atoms with Crippen LogP contribution in [0.5, 0.6) is 0 Å². The molecule has 1 heterocycles. The maximum atomic E-state index is 2.43.